The molecule has 16 heavy (non-hydrogen) atoms. The van der Waals surface area contributed by atoms with Crippen molar-refractivity contribution < 1.29 is 9.90 Å². The number of rotatable bonds is 3. The van der Waals surface area contributed by atoms with Crippen molar-refractivity contribution in [1.82, 2.24) is 0 Å². The van der Waals surface area contributed by atoms with E-state index in [0.717, 1.165) is 16.7 Å². The fourth-order valence-electron chi connectivity index (χ4n) is 2.08. The molecule has 0 atom stereocenters. The lowest BCUT2D eigenvalue weighted by Crippen LogP contribution is -2.23. The average Bonchev–Trinajstić information content (AvgIpc) is 2.09. The zero-order valence-corrected chi connectivity index (χ0v) is 10.9. The Labute approximate surface area is 101 Å². The van der Waals surface area contributed by atoms with E-state index in [-0.39, 0.29) is 6.42 Å². The summed E-state index contributed by atoms with van der Waals surface area (Å²) in [6.07, 6.45) is 0.0804. The van der Waals surface area contributed by atoms with E-state index in [9.17, 15) is 4.79 Å². The predicted molar refractivity (Wildman–Crippen MR) is 66.2 cm³/mol. The second kappa shape index (κ2) is 4.46. The van der Waals surface area contributed by atoms with Crippen molar-refractivity contribution in [2.75, 3.05) is 0 Å². The van der Waals surface area contributed by atoms with Gasteiger partial charge in [0.05, 0.1) is 6.42 Å². The van der Waals surface area contributed by atoms with Gasteiger partial charge in [-0.25, -0.2) is 0 Å². The lowest BCUT2D eigenvalue weighted by atomic mass is 9.78. The molecule has 0 heterocycles. The summed E-state index contributed by atoms with van der Waals surface area (Å²) in [6, 6.07) is 3.79. The molecule has 0 saturated heterocycles. The number of hydrogen-bond acceptors (Lipinski definition) is 1. The van der Waals surface area contributed by atoms with Crippen molar-refractivity contribution in [3.63, 3.8) is 0 Å². The van der Waals surface area contributed by atoms with Crippen LogP contribution in [0.15, 0.2) is 12.1 Å². The fourth-order valence-corrected chi connectivity index (χ4v) is 2.54. The van der Waals surface area contributed by atoms with Gasteiger partial charge in [0.25, 0.3) is 0 Å². The lowest BCUT2D eigenvalue weighted by Gasteiger charge is -2.27. The maximum Gasteiger partial charge on any atom is 0.304 e. The highest BCUT2D eigenvalue weighted by Crippen LogP contribution is 2.36. The highest BCUT2D eigenvalue weighted by atomic mass is 35.5. The molecule has 0 aliphatic rings. The van der Waals surface area contributed by atoms with Gasteiger partial charge in [0, 0.05) is 10.4 Å². The van der Waals surface area contributed by atoms with Crippen LogP contribution in [0.5, 0.6) is 0 Å². The minimum absolute atomic E-state index is 0.0804. The highest BCUT2D eigenvalue weighted by molar-refractivity contribution is 6.31. The summed E-state index contributed by atoms with van der Waals surface area (Å²) < 4.78 is 0. The molecule has 1 aromatic carbocycles. The molecular weight excluding hydrogens is 224 g/mol. The molecule has 0 aliphatic carbocycles. The van der Waals surface area contributed by atoms with Crippen molar-refractivity contribution in [3.05, 3.63) is 33.8 Å². The van der Waals surface area contributed by atoms with Gasteiger partial charge in [0.15, 0.2) is 0 Å². The molecule has 0 radical (unpaired) electrons. The second-order valence-electron chi connectivity index (χ2n) is 4.82. The van der Waals surface area contributed by atoms with Crippen LogP contribution in [0, 0.1) is 13.8 Å². The molecule has 0 spiro atoms. The van der Waals surface area contributed by atoms with Crippen LogP contribution >= 0.6 is 11.6 Å². The first-order valence-electron chi connectivity index (χ1n) is 5.23. The van der Waals surface area contributed by atoms with Gasteiger partial charge >= 0.3 is 5.97 Å². The molecule has 0 unspecified atom stereocenters. The summed E-state index contributed by atoms with van der Waals surface area (Å²) in [5.74, 6) is -0.804. The van der Waals surface area contributed by atoms with Crippen molar-refractivity contribution >= 4 is 17.6 Å². The van der Waals surface area contributed by atoms with Crippen molar-refractivity contribution in [2.45, 2.75) is 39.5 Å². The normalized spacial score (nSPS) is 11.6. The van der Waals surface area contributed by atoms with E-state index in [0.29, 0.717) is 5.02 Å². The number of benzene rings is 1. The summed E-state index contributed by atoms with van der Waals surface area (Å²) in [7, 11) is 0. The van der Waals surface area contributed by atoms with Crippen LogP contribution in [0.4, 0.5) is 0 Å². The van der Waals surface area contributed by atoms with E-state index in [1.54, 1.807) is 0 Å². The van der Waals surface area contributed by atoms with Crippen LogP contribution < -0.4 is 0 Å². The minimum atomic E-state index is -0.804. The van der Waals surface area contributed by atoms with Crippen LogP contribution in [-0.2, 0) is 10.2 Å². The van der Waals surface area contributed by atoms with Gasteiger partial charge in [-0.05, 0) is 36.6 Å². The zero-order chi connectivity index (χ0) is 12.5. The Hall–Kier alpha value is -1.02. The summed E-state index contributed by atoms with van der Waals surface area (Å²) in [4.78, 5) is 10.9. The molecule has 1 N–H and O–H groups in total. The molecule has 0 amide bonds. The van der Waals surface area contributed by atoms with Crippen molar-refractivity contribution in [3.8, 4) is 0 Å². The SMILES string of the molecule is Cc1ccc(Cl)c(C(C)(C)CC(=O)O)c1C. The molecular formula is C13H17ClO2. The fraction of sp³-hybridized carbons (Fsp3) is 0.462. The predicted octanol–water partition coefficient (Wildman–Crippen LogP) is 3.71. The Morgan fingerprint density at radius 2 is 1.94 bits per heavy atom. The van der Waals surface area contributed by atoms with Gasteiger partial charge in [0.2, 0.25) is 0 Å². The maximum atomic E-state index is 10.9. The Bertz CT molecular complexity index is 422. The minimum Gasteiger partial charge on any atom is -0.481 e. The summed E-state index contributed by atoms with van der Waals surface area (Å²) in [6.45, 7) is 7.82. The number of carbonyl (C=O) groups is 1. The van der Waals surface area contributed by atoms with Crippen LogP contribution in [0.2, 0.25) is 5.02 Å². The van der Waals surface area contributed by atoms with E-state index in [1.165, 1.54) is 0 Å². The maximum absolute atomic E-state index is 10.9. The number of halogens is 1. The topological polar surface area (TPSA) is 37.3 Å². The van der Waals surface area contributed by atoms with E-state index in [2.05, 4.69) is 0 Å². The van der Waals surface area contributed by atoms with Crippen LogP contribution in [0.1, 0.15) is 37.0 Å². The highest BCUT2D eigenvalue weighted by Gasteiger charge is 2.28. The van der Waals surface area contributed by atoms with Gasteiger partial charge in [-0.2, -0.15) is 0 Å². The third-order valence-electron chi connectivity index (χ3n) is 2.95. The zero-order valence-electron chi connectivity index (χ0n) is 10.1. The van der Waals surface area contributed by atoms with E-state index >= 15 is 0 Å². The Kier molecular flexibility index (Phi) is 3.64. The van der Waals surface area contributed by atoms with Gasteiger partial charge in [-0.1, -0.05) is 31.5 Å². The summed E-state index contributed by atoms with van der Waals surface area (Å²) >= 11 is 6.18. The van der Waals surface area contributed by atoms with Gasteiger partial charge in [-0.15, -0.1) is 0 Å². The van der Waals surface area contributed by atoms with E-state index < -0.39 is 11.4 Å². The Morgan fingerprint density at radius 1 is 1.38 bits per heavy atom. The van der Waals surface area contributed by atoms with Crippen LogP contribution in [0.25, 0.3) is 0 Å². The van der Waals surface area contributed by atoms with Gasteiger partial charge in [0.1, 0.15) is 0 Å². The Morgan fingerprint density at radius 3 is 2.44 bits per heavy atom. The largest absolute Gasteiger partial charge is 0.481 e. The second-order valence-corrected chi connectivity index (χ2v) is 5.23. The molecule has 88 valence electrons. The first-order valence-corrected chi connectivity index (χ1v) is 5.61. The van der Waals surface area contributed by atoms with Gasteiger partial charge in [-0.3, -0.25) is 4.79 Å². The summed E-state index contributed by atoms with van der Waals surface area (Å²) in [5.41, 5.74) is 2.71. The average molecular weight is 241 g/mol. The lowest BCUT2D eigenvalue weighted by molar-refractivity contribution is -0.138. The third-order valence-corrected chi connectivity index (χ3v) is 3.27. The molecule has 0 aromatic heterocycles. The molecule has 1 aromatic rings. The van der Waals surface area contributed by atoms with Crippen LogP contribution in [-0.4, -0.2) is 11.1 Å². The number of hydrogen-bond donors (Lipinski definition) is 1. The first-order chi connectivity index (χ1) is 7.25. The molecule has 0 bridgehead atoms. The van der Waals surface area contributed by atoms with E-state index in [1.807, 2.05) is 39.8 Å². The molecule has 3 heteroatoms. The van der Waals surface area contributed by atoms with E-state index in [4.69, 9.17) is 16.7 Å². The molecule has 0 fully saturated rings. The van der Waals surface area contributed by atoms with Crippen molar-refractivity contribution in [2.24, 2.45) is 0 Å². The van der Waals surface area contributed by atoms with Gasteiger partial charge < -0.3 is 5.11 Å². The Balaban J connectivity index is 3.31. The number of aliphatic carboxylic acids is 1. The standard InChI is InChI=1S/C13H17ClO2/c1-8-5-6-10(14)12(9(8)2)13(3,4)7-11(15)16/h5-6H,7H2,1-4H3,(H,15,16). The first kappa shape index (κ1) is 13.0. The quantitative estimate of drug-likeness (QED) is 0.875. The number of carboxylic acids is 1. The molecule has 2 nitrogen and oxygen atoms in total. The smallest absolute Gasteiger partial charge is 0.304 e. The molecule has 0 aliphatic heterocycles. The summed E-state index contributed by atoms with van der Waals surface area (Å²) in [5, 5.41) is 9.57. The monoisotopic (exact) mass is 240 g/mol. The number of carboxylic acid groups (broad SMARTS) is 1. The third kappa shape index (κ3) is 2.56. The van der Waals surface area contributed by atoms with Crippen molar-refractivity contribution in [1.29, 1.82) is 0 Å². The number of aryl methyl sites for hydroxylation is 1. The molecule has 1 rings (SSSR count). The van der Waals surface area contributed by atoms with Crippen LogP contribution in [0.3, 0.4) is 0 Å². The molecule has 0 saturated carbocycles.